The van der Waals surface area contributed by atoms with Gasteiger partial charge in [0, 0.05) is 25.5 Å². The number of carbonyl (C=O) groups is 1. The molecule has 0 saturated heterocycles. The Balaban J connectivity index is 1.93. The zero-order valence-electron chi connectivity index (χ0n) is 8.68. The third kappa shape index (κ3) is 2.11. The first kappa shape index (κ1) is 10.0. The maximum atomic E-state index is 10.8. The number of carboxylic acids is 1. The lowest BCUT2D eigenvalue weighted by molar-refractivity contribution is -0.141. The minimum absolute atomic E-state index is 0.192. The zero-order chi connectivity index (χ0) is 10.8. The van der Waals surface area contributed by atoms with Crippen LogP contribution in [0.4, 0.5) is 5.95 Å². The van der Waals surface area contributed by atoms with Crippen molar-refractivity contribution in [2.75, 3.05) is 5.32 Å². The van der Waals surface area contributed by atoms with Gasteiger partial charge in [-0.25, -0.2) is 4.98 Å². The summed E-state index contributed by atoms with van der Waals surface area (Å²) in [7, 11) is 1.92. The number of aliphatic carboxylic acids is 1. The quantitative estimate of drug-likeness (QED) is 0.781. The van der Waals surface area contributed by atoms with Crippen LogP contribution in [-0.2, 0) is 11.8 Å². The number of aryl methyl sites for hydroxylation is 1. The summed E-state index contributed by atoms with van der Waals surface area (Å²) < 4.78 is 1.90. The molecule has 0 spiro atoms. The van der Waals surface area contributed by atoms with Gasteiger partial charge in [-0.3, -0.25) is 4.79 Å². The molecule has 0 aliphatic heterocycles. The molecule has 15 heavy (non-hydrogen) atoms. The Kier molecular flexibility index (Phi) is 2.62. The first-order valence-electron chi connectivity index (χ1n) is 5.13. The van der Waals surface area contributed by atoms with E-state index in [1.807, 2.05) is 17.8 Å². The van der Waals surface area contributed by atoms with Crippen molar-refractivity contribution in [1.82, 2.24) is 9.55 Å². The van der Waals surface area contributed by atoms with E-state index in [0.717, 1.165) is 18.8 Å². The fraction of sp³-hybridized carbons (Fsp3) is 0.600. The van der Waals surface area contributed by atoms with Crippen LogP contribution in [0.25, 0.3) is 0 Å². The Morgan fingerprint density at radius 1 is 1.67 bits per heavy atom. The molecule has 0 amide bonds. The van der Waals surface area contributed by atoms with Crippen LogP contribution in [0.2, 0.25) is 0 Å². The van der Waals surface area contributed by atoms with Gasteiger partial charge in [-0.1, -0.05) is 0 Å². The van der Waals surface area contributed by atoms with Crippen molar-refractivity contribution in [3.63, 3.8) is 0 Å². The van der Waals surface area contributed by atoms with Gasteiger partial charge in [0.25, 0.3) is 0 Å². The Bertz CT molecular complexity index is 361. The van der Waals surface area contributed by atoms with Gasteiger partial charge in [-0.05, 0) is 19.3 Å². The maximum absolute atomic E-state index is 10.8. The molecule has 1 heterocycles. The number of nitrogens with zero attached hydrogens (tertiary/aromatic N) is 2. The number of aromatic nitrogens is 2. The van der Waals surface area contributed by atoms with Crippen LogP contribution in [0.15, 0.2) is 12.4 Å². The molecule has 0 radical (unpaired) electrons. The molecule has 0 aromatic carbocycles. The van der Waals surface area contributed by atoms with Crippen molar-refractivity contribution in [3.8, 4) is 0 Å². The number of nitrogens with one attached hydrogen (secondary N) is 1. The van der Waals surface area contributed by atoms with E-state index < -0.39 is 5.97 Å². The lowest BCUT2D eigenvalue weighted by atomic mass is 10.1. The van der Waals surface area contributed by atoms with Crippen molar-refractivity contribution < 1.29 is 9.90 Å². The molecule has 0 unspecified atom stereocenters. The fourth-order valence-electron chi connectivity index (χ4n) is 2.02. The van der Waals surface area contributed by atoms with E-state index in [-0.39, 0.29) is 12.0 Å². The van der Waals surface area contributed by atoms with Crippen LogP contribution in [0.3, 0.4) is 0 Å². The van der Waals surface area contributed by atoms with Crippen LogP contribution in [0.1, 0.15) is 19.3 Å². The Labute approximate surface area is 88.1 Å². The normalized spacial score (nSPS) is 25.4. The highest BCUT2D eigenvalue weighted by molar-refractivity contribution is 5.70. The van der Waals surface area contributed by atoms with Gasteiger partial charge in [0.05, 0.1) is 5.92 Å². The van der Waals surface area contributed by atoms with E-state index in [1.165, 1.54) is 0 Å². The van der Waals surface area contributed by atoms with Gasteiger partial charge in [-0.2, -0.15) is 0 Å². The van der Waals surface area contributed by atoms with Crippen molar-refractivity contribution in [1.29, 1.82) is 0 Å². The second kappa shape index (κ2) is 3.92. The molecule has 82 valence electrons. The molecule has 2 rings (SSSR count). The lowest BCUT2D eigenvalue weighted by Crippen LogP contribution is -2.19. The molecule has 0 bridgehead atoms. The van der Waals surface area contributed by atoms with Gasteiger partial charge in [0.15, 0.2) is 0 Å². The fourth-order valence-corrected chi connectivity index (χ4v) is 2.02. The zero-order valence-corrected chi connectivity index (χ0v) is 8.68. The molecule has 1 fully saturated rings. The average molecular weight is 209 g/mol. The summed E-state index contributed by atoms with van der Waals surface area (Å²) in [5.41, 5.74) is 0. The third-order valence-corrected chi connectivity index (χ3v) is 2.94. The summed E-state index contributed by atoms with van der Waals surface area (Å²) in [6, 6.07) is 0.243. The highest BCUT2D eigenvalue weighted by Gasteiger charge is 2.29. The first-order valence-corrected chi connectivity index (χ1v) is 5.13. The van der Waals surface area contributed by atoms with Crippen molar-refractivity contribution >= 4 is 11.9 Å². The van der Waals surface area contributed by atoms with Gasteiger partial charge in [-0.15, -0.1) is 0 Å². The van der Waals surface area contributed by atoms with Gasteiger partial charge in [0.1, 0.15) is 0 Å². The first-order chi connectivity index (χ1) is 7.16. The summed E-state index contributed by atoms with van der Waals surface area (Å²) in [5.74, 6) is -0.0621. The summed E-state index contributed by atoms with van der Waals surface area (Å²) in [6.45, 7) is 0. The van der Waals surface area contributed by atoms with E-state index in [4.69, 9.17) is 5.11 Å². The van der Waals surface area contributed by atoms with Gasteiger partial charge in [0.2, 0.25) is 5.95 Å². The van der Waals surface area contributed by atoms with Crippen LogP contribution < -0.4 is 5.32 Å². The Hall–Kier alpha value is -1.52. The molecule has 1 aliphatic rings. The molecule has 2 atom stereocenters. The molecule has 2 N–H and O–H groups in total. The molecular formula is C10H15N3O2. The third-order valence-electron chi connectivity index (χ3n) is 2.94. The highest BCUT2D eigenvalue weighted by atomic mass is 16.4. The molecule has 1 aromatic rings. The molecule has 1 aliphatic carbocycles. The Morgan fingerprint density at radius 2 is 2.47 bits per heavy atom. The topological polar surface area (TPSA) is 67.2 Å². The Morgan fingerprint density at radius 3 is 3.00 bits per heavy atom. The minimum Gasteiger partial charge on any atom is -0.481 e. The van der Waals surface area contributed by atoms with Crippen LogP contribution in [-0.4, -0.2) is 26.7 Å². The molecule has 1 aromatic heterocycles. The number of anilines is 1. The van der Waals surface area contributed by atoms with Crippen LogP contribution >= 0.6 is 0 Å². The van der Waals surface area contributed by atoms with E-state index in [1.54, 1.807) is 6.20 Å². The molecule has 5 nitrogen and oxygen atoms in total. The molecule has 1 saturated carbocycles. The average Bonchev–Trinajstić information content (AvgIpc) is 2.77. The standard InChI is InChI=1S/C10H15N3O2/c1-13-5-4-11-10(13)12-8-3-2-7(6-8)9(14)15/h4-5,7-8H,2-3,6H2,1H3,(H,11,12)(H,14,15)/t7-,8+/m0/s1. The van der Waals surface area contributed by atoms with E-state index >= 15 is 0 Å². The van der Waals surface area contributed by atoms with Crippen molar-refractivity contribution in [3.05, 3.63) is 12.4 Å². The van der Waals surface area contributed by atoms with E-state index in [9.17, 15) is 4.79 Å². The number of rotatable bonds is 3. The molecule has 5 heteroatoms. The smallest absolute Gasteiger partial charge is 0.306 e. The van der Waals surface area contributed by atoms with Gasteiger partial charge < -0.3 is 15.0 Å². The van der Waals surface area contributed by atoms with Crippen LogP contribution in [0, 0.1) is 5.92 Å². The number of hydrogen-bond donors (Lipinski definition) is 2. The largest absolute Gasteiger partial charge is 0.481 e. The number of imidazole rings is 1. The minimum atomic E-state index is -0.681. The summed E-state index contributed by atoms with van der Waals surface area (Å²) in [5, 5.41) is 12.1. The van der Waals surface area contributed by atoms with Crippen LogP contribution in [0.5, 0.6) is 0 Å². The van der Waals surface area contributed by atoms with E-state index in [0.29, 0.717) is 6.42 Å². The molecular weight excluding hydrogens is 194 g/mol. The second-order valence-corrected chi connectivity index (χ2v) is 4.05. The maximum Gasteiger partial charge on any atom is 0.306 e. The summed E-state index contributed by atoms with van der Waals surface area (Å²) >= 11 is 0. The summed E-state index contributed by atoms with van der Waals surface area (Å²) in [4.78, 5) is 14.9. The highest BCUT2D eigenvalue weighted by Crippen LogP contribution is 2.27. The lowest BCUT2D eigenvalue weighted by Gasteiger charge is -2.12. The number of hydrogen-bond acceptors (Lipinski definition) is 3. The van der Waals surface area contributed by atoms with Crippen molar-refractivity contribution in [2.45, 2.75) is 25.3 Å². The van der Waals surface area contributed by atoms with Crippen molar-refractivity contribution in [2.24, 2.45) is 13.0 Å². The number of carboxylic acid groups (broad SMARTS) is 1. The SMILES string of the molecule is Cn1ccnc1N[C@@H]1CC[C@H](C(=O)O)C1. The predicted molar refractivity (Wildman–Crippen MR) is 55.6 cm³/mol. The second-order valence-electron chi connectivity index (χ2n) is 4.05. The summed E-state index contributed by atoms with van der Waals surface area (Å²) in [6.07, 6.45) is 5.96. The van der Waals surface area contributed by atoms with Gasteiger partial charge >= 0.3 is 5.97 Å². The predicted octanol–water partition coefficient (Wildman–Crippen LogP) is 1.09. The monoisotopic (exact) mass is 209 g/mol. The van der Waals surface area contributed by atoms with E-state index in [2.05, 4.69) is 10.3 Å².